The van der Waals surface area contributed by atoms with Crippen molar-refractivity contribution in [1.29, 1.82) is 0 Å². The summed E-state index contributed by atoms with van der Waals surface area (Å²) in [4.78, 5) is 4.95. The van der Waals surface area contributed by atoms with Crippen LogP contribution in [0.4, 0.5) is 34.1 Å². The van der Waals surface area contributed by atoms with Crippen LogP contribution >= 0.6 is 0 Å². The third-order valence-electron chi connectivity index (χ3n) is 18.2. The molecule has 15 rings (SSSR count). The van der Waals surface area contributed by atoms with E-state index in [9.17, 15) is 0 Å². The van der Waals surface area contributed by atoms with Crippen LogP contribution in [0.1, 0.15) is 77.6 Å². The van der Waals surface area contributed by atoms with Gasteiger partial charge in [0, 0.05) is 55.4 Å². The first kappa shape index (κ1) is 51.2. The summed E-state index contributed by atoms with van der Waals surface area (Å²) in [6.45, 7) is 18.6. The zero-order valence-corrected chi connectivity index (χ0v) is 49.2. The lowest BCUT2D eigenvalue weighted by Crippen LogP contribution is -2.17. The second-order valence-electron chi connectivity index (χ2n) is 25.8. The number of anilines is 6. The van der Waals surface area contributed by atoms with Gasteiger partial charge in [-0.25, -0.2) is 0 Å². The first-order valence-electron chi connectivity index (χ1n) is 29.7. The minimum absolute atomic E-state index is 0.0115. The van der Waals surface area contributed by atoms with Crippen molar-refractivity contribution in [1.82, 2.24) is 4.40 Å². The zero-order valence-electron chi connectivity index (χ0n) is 49.2. The highest BCUT2D eigenvalue weighted by Crippen LogP contribution is 2.56. The van der Waals surface area contributed by atoms with Gasteiger partial charge in [0.15, 0.2) is 0 Å². The molecule has 0 aliphatic heterocycles. The molecule has 0 saturated carbocycles. The highest BCUT2D eigenvalue weighted by Gasteiger charge is 2.38. The van der Waals surface area contributed by atoms with E-state index in [2.05, 4.69) is 330 Å². The topological polar surface area (TPSA) is 10.9 Å². The Hall–Kier alpha value is -9.70. The number of rotatable bonds is 9. The van der Waals surface area contributed by atoms with Crippen LogP contribution in [0.5, 0.6) is 0 Å². The number of fused-ring (bicyclic) bond motifs is 12. The van der Waals surface area contributed by atoms with Crippen molar-refractivity contribution in [2.24, 2.45) is 0 Å². The van der Waals surface area contributed by atoms with Crippen molar-refractivity contribution in [3.8, 4) is 44.5 Å². The minimum Gasteiger partial charge on any atom is -0.310 e. The number of hydrogen-bond donors (Lipinski definition) is 0. The molecule has 1 aliphatic rings. The number of nitrogens with zero attached hydrogens (tertiary/aromatic N) is 3. The lowest BCUT2D eigenvalue weighted by molar-refractivity contribution is 0.590. The van der Waals surface area contributed by atoms with Gasteiger partial charge in [0.2, 0.25) is 0 Å². The van der Waals surface area contributed by atoms with E-state index in [4.69, 9.17) is 0 Å². The summed E-state index contributed by atoms with van der Waals surface area (Å²) < 4.78 is 2.57. The SMILES string of the molecule is CC(C)(C)c1ccc(N(c2cccc(-c3ccccc3)c2)c2ccc3c(c2)C(C)(C)c2ccc4c(ccc5c4c4ccc(N(c6ccc(C(C)(C)C)cc6)c6cccc(-c7ccccc7)c6)c6c7cc(-c8ccccc8)ccc7n5c46)c2-3)cc1. The molecule has 0 saturated heterocycles. The van der Waals surface area contributed by atoms with Gasteiger partial charge in [0.05, 0.1) is 22.2 Å². The molecule has 84 heavy (non-hydrogen) atoms. The van der Waals surface area contributed by atoms with E-state index in [0.29, 0.717) is 0 Å². The number of benzene rings is 12. The summed E-state index contributed by atoms with van der Waals surface area (Å²) in [5.41, 5.74) is 25.3. The summed E-state index contributed by atoms with van der Waals surface area (Å²) >= 11 is 0. The molecule has 3 heteroatoms. The molecule has 0 fully saturated rings. The van der Waals surface area contributed by atoms with Crippen molar-refractivity contribution in [3.63, 3.8) is 0 Å². The molecule has 0 spiro atoms. The maximum atomic E-state index is 2.57. The number of hydrogen-bond acceptors (Lipinski definition) is 2. The van der Waals surface area contributed by atoms with E-state index in [1.54, 1.807) is 0 Å². The fraction of sp³-hybridized carbons (Fsp3) is 0.136. The molecule has 1 aliphatic carbocycles. The number of aromatic nitrogens is 1. The molecule has 0 radical (unpaired) electrons. The van der Waals surface area contributed by atoms with Crippen LogP contribution < -0.4 is 9.80 Å². The van der Waals surface area contributed by atoms with Crippen LogP contribution in [0.15, 0.2) is 261 Å². The lowest BCUT2D eigenvalue weighted by atomic mass is 9.81. The molecule has 0 atom stereocenters. The van der Waals surface area contributed by atoms with Crippen LogP contribution in [0, 0.1) is 0 Å². The van der Waals surface area contributed by atoms with E-state index < -0.39 is 0 Å². The predicted molar refractivity (Wildman–Crippen MR) is 359 cm³/mol. The highest BCUT2D eigenvalue weighted by atomic mass is 15.2. The van der Waals surface area contributed by atoms with E-state index >= 15 is 0 Å². The molecule has 0 N–H and O–H groups in total. The Morgan fingerprint density at radius 2 is 0.798 bits per heavy atom. The Morgan fingerprint density at radius 3 is 1.37 bits per heavy atom. The van der Waals surface area contributed by atoms with Gasteiger partial charge < -0.3 is 14.2 Å². The molecular formula is C81H67N3. The van der Waals surface area contributed by atoms with Crippen LogP contribution in [0.25, 0.3) is 93.4 Å². The van der Waals surface area contributed by atoms with Crippen molar-refractivity contribution in [2.75, 3.05) is 9.80 Å². The van der Waals surface area contributed by atoms with Crippen molar-refractivity contribution >= 4 is 83.0 Å². The zero-order chi connectivity index (χ0) is 57.2. The van der Waals surface area contributed by atoms with Gasteiger partial charge in [-0.2, -0.15) is 0 Å². The molecule has 3 nitrogen and oxygen atoms in total. The molecule has 0 unspecified atom stereocenters. The molecule has 2 aromatic heterocycles. The summed E-state index contributed by atoms with van der Waals surface area (Å²) in [5, 5.41) is 7.57. The maximum absolute atomic E-state index is 2.57. The largest absolute Gasteiger partial charge is 0.310 e. The highest BCUT2D eigenvalue weighted by molar-refractivity contribution is 6.32. The van der Waals surface area contributed by atoms with E-state index in [0.717, 1.165) is 34.1 Å². The Bertz CT molecular complexity index is 4840. The van der Waals surface area contributed by atoms with Gasteiger partial charge in [-0.3, -0.25) is 0 Å². The van der Waals surface area contributed by atoms with Gasteiger partial charge in [-0.1, -0.05) is 231 Å². The normalized spacial score (nSPS) is 13.1. The lowest BCUT2D eigenvalue weighted by Gasteiger charge is -2.29. The van der Waals surface area contributed by atoms with Crippen LogP contribution in [0.3, 0.4) is 0 Å². The Balaban J connectivity index is 0.940. The van der Waals surface area contributed by atoms with Crippen LogP contribution in [0.2, 0.25) is 0 Å². The second kappa shape index (κ2) is 19.2. The van der Waals surface area contributed by atoms with Gasteiger partial charge >= 0.3 is 0 Å². The summed E-state index contributed by atoms with van der Waals surface area (Å²) in [6, 6.07) is 97.8. The monoisotopic (exact) mass is 1080 g/mol. The van der Waals surface area contributed by atoms with Crippen molar-refractivity contribution in [3.05, 3.63) is 283 Å². The third-order valence-corrected chi connectivity index (χ3v) is 18.2. The first-order valence-corrected chi connectivity index (χ1v) is 29.7. The Kier molecular flexibility index (Phi) is 11.7. The molecule has 12 aromatic carbocycles. The minimum atomic E-state index is -0.263. The summed E-state index contributed by atoms with van der Waals surface area (Å²) in [7, 11) is 0. The summed E-state index contributed by atoms with van der Waals surface area (Å²) in [6.07, 6.45) is 0. The van der Waals surface area contributed by atoms with E-state index in [-0.39, 0.29) is 16.2 Å². The average molecular weight is 1080 g/mol. The standard InChI is InChI=1S/C81H67N3/c1-79(2,3)58-31-35-60(36-32-58)82(62-28-18-26-55(48-62)52-20-12-9-13-21-52)64-39-40-67-71(51-64)81(7,8)70-44-41-66-65(75(67)70)42-46-73-76(66)68-43-47-74(77-69-50-57(54-24-16-11-17-25-54)30-45-72(69)84(73)78(68)77)83(61-37-33-59(34-38-61)80(4,5)6)63-29-19-27-56(49-63)53-22-14-10-15-23-53/h9-51H,1-8H3. The van der Waals surface area contributed by atoms with E-state index in [1.807, 2.05) is 0 Å². The molecule has 0 bridgehead atoms. The fourth-order valence-electron chi connectivity index (χ4n) is 13.8. The average Bonchev–Trinajstić information content (AvgIpc) is 1.70. The fourth-order valence-corrected chi connectivity index (χ4v) is 13.8. The van der Waals surface area contributed by atoms with Gasteiger partial charge in [-0.05, 0) is 173 Å². The molecule has 406 valence electrons. The second-order valence-corrected chi connectivity index (χ2v) is 25.8. The quantitative estimate of drug-likeness (QED) is 0.143. The van der Waals surface area contributed by atoms with Gasteiger partial charge in [-0.15, -0.1) is 0 Å². The van der Waals surface area contributed by atoms with Crippen LogP contribution in [-0.2, 0) is 16.2 Å². The third kappa shape index (κ3) is 8.23. The molecule has 2 heterocycles. The van der Waals surface area contributed by atoms with E-state index in [1.165, 1.54) is 116 Å². The Morgan fingerprint density at radius 1 is 0.321 bits per heavy atom. The summed E-state index contributed by atoms with van der Waals surface area (Å²) in [5.74, 6) is 0. The van der Waals surface area contributed by atoms with Gasteiger partial charge in [0.25, 0.3) is 0 Å². The first-order chi connectivity index (χ1) is 40.7. The predicted octanol–water partition coefficient (Wildman–Crippen LogP) is 22.8. The Labute approximate surface area is 493 Å². The van der Waals surface area contributed by atoms with Gasteiger partial charge in [0.1, 0.15) is 0 Å². The molecule has 0 amide bonds. The van der Waals surface area contributed by atoms with Crippen molar-refractivity contribution < 1.29 is 0 Å². The molecular weight excluding hydrogens is 1010 g/mol. The maximum Gasteiger partial charge on any atom is 0.0641 e. The smallest absolute Gasteiger partial charge is 0.0641 e. The molecule has 14 aromatic rings. The van der Waals surface area contributed by atoms with Crippen molar-refractivity contribution in [2.45, 2.75) is 71.6 Å². The van der Waals surface area contributed by atoms with Crippen LogP contribution in [-0.4, -0.2) is 4.40 Å².